The zero-order valence-electron chi connectivity index (χ0n) is 11.4. The minimum absolute atomic E-state index is 0.0477. The van der Waals surface area contributed by atoms with Gasteiger partial charge in [0.1, 0.15) is 5.69 Å². The first-order valence-electron chi connectivity index (χ1n) is 6.32. The SMILES string of the molecule is COCCOCCCCNC(=O)c1cc(Br)cn1C. The number of nitrogens with zero attached hydrogens (tertiary/aromatic N) is 1. The smallest absolute Gasteiger partial charge is 0.267 e. The van der Waals surface area contributed by atoms with Crippen LogP contribution in [-0.2, 0) is 16.5 Å². The zero-order valence-corrected chi connectivity index (χ0v) is 13.0. The number of carbonyl (C=O) groups is 1. The third kappa shape index (κ3) is 6.22. The second-order valence-electron chi connectivity index (χ2n) is 4.22. The minimum Gasteiger partial charge on any atom is -0.382 e. The molecule has 1 rings (SSSR count). The van der Waals surface area contributed by atoms with Gasteiger partial charge in [-0.15, -0.1) is 0 Å². The van der Waals surface area contributed by atoms with Crippen LogP contribution in [0.3, 0.4) is 0 Å². The molecule has 108 valence electrons. The molecule has 0 aromatic carbocycles. The lowest BCUT2D eigenvalue weighted by Gasteiger charge is -2.06. The average molecular weight is 333 g/mol. The Morgan fingerprint density at radius 2 is 2.16 bits per heavy atom. The Bertz CT molecular complexity index is 393. The van der Waals surface area contributed by atoms with Gasteiger partial charge in [-0.2, -0.15) is 0 Å². The largest absolute Gasteiger partial charge is 0.382 e. The van der Waals surface area contributed by atoms with Gasteiger partial charge in [0.25, 0.3) is 5.91 Å². The van der Waals surface area contributed by atoms with Gasteiger partial charge in [0.2, 0.25) is 0 Å². The molecule has 5 nitrogen and oxygen atoms in total. The second-order valence-corrected chi connectivity index (χ2v) is 5.14. The summed E-state index contributed by atoms with van der Waals surface area (Å²) >= 11 is 3.35. The number of rotatable bonds is 9. The summed E-state index contributed by atoms with van der Waals surface area (Å²) in [5.41, 5.74) is 0.656. The lowest BCUT2D eigenvalue weighted by molar-refractivity contribution is 0.0686. The summed E-state index contributed by atoms with van der Waals surface area (Å²) in [5.74, 6) is -0.0477. The summed E-state index contributed by atoms with van der Waals surface area (Å²) in [5, 5.41) is 2.89. The molecule has 0 saturated carbocycles. The Balaban J connectivity index is 2.09. The van der Waals surface area contributed by atoms with E-state index in [1.165, 1.54) is 0 Å². The first-order chi connectivity index (χ1) is 9.15. The molecule has 0 bridgehead atoms. The molecule has 0 aliphatic heterocycles. The maximum atomic E-state index is 11.9. The van der Waals surface area contributed by atoms with E-state index in [9.17, 15) is 4.79 Å². The Hall–Kier alpha value is -0.850. The highest BCUT2D eigenvalue weighted by Gasteiger charge is 2.09. The van der Waals surface area contributed by atoms with Crippen molar-refractivity contribution in [2.75, 3.05) is 33.5 Å². The zero-order chi connectivity index (χ0) is 14.1. The van der Waals surface area contributed by atoms with Crippen molar-refractivity contribution < 1.29 is 14.3 Å². The molecule has 0 atom stereocenters. The highest BCUT2D eigenvalue weighted by molar-refractivity contribution is 9.10. The fraction of sp³-hybridized carbons (Fsp3) is 0.615. The maximum absolute atomic E-state index is 11.9. The van der Waals surface area contributed by atoms with Gasteiger partial charge in [-0.3, -0.25) is 4.79 Å². The van der Waals surface area contributed by atoms with Gasteiger partial charge >= 0.3 is 0 Å². The maximum Gasteiger partial charge on any atom is 0.267 e. The number of unbranched alkanes of at least 4 members (excludes halogenated alkanes) is 1. The number of hydrogen-bond donors (Lipinski definition) is 1. The predicted octanol–water partition coefficient (Wildman–Crippen LogP) is 1.96. The van der Waals surface area contributed by atoms with Crippen LogP contribution in [0.5, 0.6) is 0 Å². The summed E-state index contributed by atoms with van der Waals surface area (Å²) in [6, 6.07) is 1.81. The van der Waals surface area contributed by atoms with Gasteiger partial charge < -0.3 is 19.4 Å². The van der Waals surface area contributed by atoms with Crippen LogP contribution in [0, 0.1) is 0 Å². The van der Waals surface area contributed by atoms with Crippen molar-refractivity contribution in [3.63, 3.8) is 0 Å². The van der Waals surface area contributed by atoms with Gasteiger partial charge in [0.05, 0.1) is 13.2 Å². The summed E-state index contributed by atoms with van der Waals surface area (Å²) in [7, 11) is 3.50. The normalized spacial score (nSPS) is 10.7. The number of halogens is 1. The number of aryl methyl sites for hydroxylation is 1. The lowest BCUT2D eigenvalue weighted by Crippen LogP contribution is -2.26. The molecule has 1 aromatic rings. The third-order valence-electron chi connectivity index (χ3n) is 2.64. The van der Waals surface area contributed by atoms with Crippen LogP contribution in [0.1, 0.15) is 23.3 Å². The van der Waals surface area contributed by atoms with E-state index in [1.807, 2.05) is 19.3 Å². The number of methoxy groups -OCH3 is 1. The minimum atomic E-state index is -0.0477. The number of hydrogen-bond acceptors (Lipinski definition) is 3. The molecule has 0 aliphatic rings. The molecular formula is C13H21BrN2O3. The number of nitrogens with one attached hydrogen (secondary N) is 1. The monoisotopic (exact) mass is 332 g/mol. The van der Waals surface area contributed by atoms with Crippen molar-refractivity contribution >= 4 is 21.8 Å². The van der Waals surface area contributed by atoms with E-state index in [2.05, 4.69) is 21.2 Å². The van der Waals surface area contributed by atoms with Crippen LogP contribution < -0.4 is 5.32 Å². The van der Waals surface area contributed by atoms with Crippen molar-refractivity contribution in [2.24, 2.45) is 7.05 Å². The second kappa shape index (κ2) is 9.12. The van der Waals surface area contributed by atoms with E-state index in [0.29, 0.717) is 32.1 Å². The molecule has 0 saturated heterocycles. The third-order valence-corrected chi connectivity index (χ3v) is 3.07. The summed E-state index contributed by atoms with van der Waals surface area (Å²) in [6.07, 6.45) is 3.70. The molecule has 1 amide bonds. The van der Waals surface area contributed by atoms with Crippen molar-refractivity contribution in [2.45, 2.75) is 12.8 Å². The fourth-order valence-electron chi connectivity index (χ4n) is 1.62. The van der Waals surface area contributed by atoms with Crippen molar-refractivity contribution in [1.82, 2.24) is 9.88 Å². The van der Waals surface area contributed by atoms with E-state index in [0.717, 1.165) is 17.3 Å². The van der Waals surface area contributed by atoms with Crippen LogP contribution in [0.15, 0.2) is 16.7 Å². The molecule has 1 N–H and O–H groups in total. The lowest BCUT2D eigenvalue weighted by atomic mass is 10.3. The predicted molar refractivity (Wildman–Crippen MR) is 77.4 cm³/mol. The number of amides is 1. The number of carbonyl (C=O) groups excluding carboxylic acids is 1. The Morgan fingerprint density at radius 3 is 2.79 bits per heavy atom. The van der Waals surface area contributed by atoms with Crippen molar-refractivity contribution in [3.8, 4) is 0 Å². The Morgan fingerprint density at radius 1 is 1.37 bits per heavy atom. The van der Waals surface area contributed by atoms with E-state index in [4.69, 9.17) is 9.47 Å². The first-order valence-corrected chi connectivity index (χ1v) is 7.11. The highest BCUT2D eigenvalue weighted by atomic mass is 79.9. The van der Waals surface area contributed by atoms with E-state index < -0.39 is 0 Å². The molecule has 0 unspecified atom stereocenters. The average Bonchev–Trinajstić information content (AvgIpc) is 2.71. The van der Waals surface area contributed by atoms with E-state index >= 15 is 0 Å². The van der Waals surface area contributed by atoms with Gasteiger partial charge in [0.15, 0.2) is 0 Å². The van der Waals surface area contributed by atoms with Crippen LogP contribution >= 0.6 is 15.9 Å². The first kappa shape index (κ1) is 16.2. The molecule has 19 heavy (non-hydrogen) atoms. The Kier molecular flexibility index (Phi) is 7.78. The van der Waals surface area contributed by atoms with Gasteiger partial charge in [-0.1, -0.05) is 0 Å². The highest BCUT2D eigenvalue weighted by Crippen LogP contribution is 2.13. The quantitative estimate of drug-likeness (QED) is 0.703. The summed E-state index contributed by atoms with van der Waals surface area (Å²) in [6.45, 7) is 2.61. The molecular weight excluding hydrogens is 312 g/mol. The molecule has 0 radical (unpaired) electrons. The molecule has 0 spiro atoms. The van der Waals surface area contributed by atoms with Crippen LogP contribution in [0.2, 0.25) is 0 Å². The van der Waals surface area contributed by atoms with Crippen LogP contribution in [-0.4, -0.2) is 43.9 Å². The molecule has 1 aromatic heterocycles. The van der Waals surface area contributed by atoms with E-state index in [-0.39, 0.29) is 5.91 Å². The number of ether oxygens (including phenoxy) is 2. The van der Waals surface area contributed by atoms with Gasteiger partial charge in [-0.05, 0) is 34.8 Å². The fourth-order valence-corrected chi connectivity index (χ4v) is 2.14. The molecule has 0 fully saturated rings. The van der Waals surface area contributed by atoms with Crippen LogP contribution in [0.4, 0.5) is 0 Å². The Labute approximate surface area is 122 Å². The van der Waals surface area contributed by atoms with E-state index in [1.54, 1.807) is 11.7 Å². The summed E-state index contributed by atoms with van der Waals surface area (Å²) in [4.78, 5) is 11.9. The molecule has 6 heteroatoms. The van der Waals surface area contributed by atoms with Gasteiger partial charge in [-0.25, -0.2) is 0 Å². The molecule has 1 heterocycles. The summed E-state index contributed by atoms with van der Waals surface area (Å²) < 4.78 is 12.9. The van der Waals surface area contributed by atoms with Gasteiger partial charge in [0, 0.05) is 38.0 Å². The van der Waals surface area contributed by atoms with Crippen molar-refractivity contribution in [3.05, 3.63) is 22.4 Å². The number of aromatic nitrogens is 1. The molecule has 0 aliphatic carbocycles. The standard InChI is InChI=1S/C13H21BrN2O3/c1-16-10-11(14)9-12(16)13(17)15-5-3-4-6-19-8-7-18-2/h9-10H,3-8H2,1-2H3,(H,15,17). The van der Waals surface area contributed by atoms with Crippen molar-refractivity contribution in [1.29, 1.82) is 0 Å². The topological polar surface area (TPSA) is 52.5 Å². The van der Waals surface area contributed by atoms with Crippen LogP contribution in [0.25, 0.3) is 0 Å².